The molecule has 1 aromatic rings. The maximum atomic E-state index is 11.9. The number of hydrogen-bond donors (Lipinski definition) is 0. The van der Waals surface area contributed by atoms with E-state index in [1.54, 1.807) is 11.3 Å². The van der Waals surface area contributed by atoms with Gasteiger partial charge >= 0.3 is 0 Å². The van der Waals surface area contributed by atoms with Crippen LogP contribution in [0.1, 0.15) is 24.3 Å². The van der Waals surface area contributed by atoms with Crippen molar-refractivity contribution in [1.29, 1.82) is 0 Å². The van der Waals surface area contributed by atoms with E-state index in [2.05, 4.69) is 10.0 Å². The highest BCUT2D eigenvalue weighted by Crippen LogP contribution is 2.30. The van der Waals surface area contributed by atoms with Crippen LogP contribution in [-0.2, 0) is 4.79 Å². The Labute approximate surface area is 104 Å². The minimum Gasteiger partial charge on any atom is -0.335 e. The molecule has 0 bridgehead atoms. The van der Waals surface area contributed by atoms with E-state index in [-0.39, 0.29) is 17.9 Å². The van der Waals surface area contributed by atoms with Gasteiger partial charge in [0.1, 0.15) is 0 Å². The highest BCUT2D eigenvalue weighted by Gasteiger charge is 2.32. The first-order valence-electron chi connectivity index (χ1n) is 5.56. The van der Waals surface area contributed by atoms with E-state index >= 15 is 0 Å². The van der Waals surface area contributed by atoms with Gasteiger partial charge in [0.05, 0.1) is 6.04 Å². The lowest BCUT2D eigenvalue weighted by molar-refractivity contribution is -0.129. The van der Waals surface area contributed by atoms with Crippen LogP contribution in [0.3, 0.4) is 0 Å². The molecule has 0 radical (unpaired) electrons. The molecule has 0 aliphatic carbocycles. The molecule has 0 saturated carbocycles. The lowest BCUT2D eigenvalue weighted by Crippen LogP contribution is -2.28. The minimum atomic E-state index is 0.124. The molecule has 2 heterocycles. The average molecular weight is 250 g/mol. The largest absolute Gasteiger partial charge is 0.335 e. The molecule has 5 nitrogen and oxygen atoms in total. The number of hydrogen-bond acceptors (Lipinski definition) is 3. The number of carbonyl (C=O) groups excluding carboxylic acids is 1. The molecule has 2 atom stereocenters. The van der Waals surface area contributed by atoms with E-state index < -0.39 is 0 Å². The zero-order valence-electron chi connectivity index (χ0n) is 9.61. The number of nitrogens with zero attached hydrogens (tertiary/aromatic N) is 4. The molecular weight excluding hydrogens is 236 g/mol. The van der Waals surface area contributed by atoms with Crippen LogP contribution in [0.15, 0.2) is 22.6 Å². The van der Waals surface area contributed by atoms with Crippen molar-refractivity contribution in [2.75, 3.05) is 13.1 Å². The van der Waals surface area contributed by atoms with E-state index in [9.17, 15) is 4.79 Å². The van der Waals surface area contributed by atoms with Crippen molar-refractivity contribution in [3.63, 3.8) is 0 Å². The fourth-order valence-electron chi connectivity index (χ4n) is 2.14. The number of amides is 1. The summed E-state index contributed by atoms with van der Waals surface area (Å²) in [5.74, 6) is 0.324. The van der Waals surface area contributed by atoms with Gasteiger partial charge in [-0.1, -0.05) is 11.2 Å². The van der Waals surface area contributed by atoms with Crippen LogP contribution in [-0.4, -0.2) is 23.9 Å². The van der Waals surface area contributed by atoms with Crippen molar-refractivity contribution in [2.45, 2.75) is 19.4 Å². The number of carbonyl (C=O) groups is 1. The molecule has 2 rings (SSSR count). The Morgan fingerprint density at radius 1 is 1.76 bits per heavy atom. The highest BCUT2D eigenvalue weighted by molar-refractivity contribution is 7.10. The Hall–Kier alpha value is -1.52. The molecule has 2 unspecified atom stereocenters. The Kier molecular flexibility index (Phi) is 3.66. The maximum Gasteiger partial charge on any atom is 0.223 e. The Morgan fingerprint density at radius 3 is 3.24 bits per heavy atom. The normalized spacial score (nSPS) is 21.4. The summed E-state index contributed by atoms with van der Waals surface area (Å²) in [6, 6.07) is 4.16. The number of likely N-dealkylation sites (tertiary alicyclic amines) is 1. The summed E-state index contributed by atoms with van der Waals surface area (Å²) < 4.78 is 0. The molecule has 0 spiro atoms. The number of thiophene rings is 1. The second kappa shape index (κ2) is 5.21. The van der Waals surface area contributed by atoms with Gasteiger partial charge < -0.3 is 4.90 Å². The minimum absolute atomic E-state index is 0.124. The Balaban J connectivity index is 2.02. The van der Waals surface area contributed by atoms with Gasteiger partial charge in [-0.3, -0.25) is 4.79 Å². The SMILES string of the molecule is CC(c1cccs1)N1CC(CN=[N+]=[N-])CC1=O. The first-order chi connectivity index (χ1) is 8.22. The topological polar surface area (TPSA) is 69.1 Å². The molecule has 90 valence electrons. The van der Waals surface area contributed by atoms with Crippen molar-refractivity contribution in [3.8, 4) is 0 Å². The van der Waals surface area contributed by atoms with Gasteiger partial charge in [0.25, 0.3) is 0 Å². The molecule has 1 aliphatic heterocycles. The monoisotopic (exact) mass is 250 g/mol. The second-order valence-electron chi connectivity index (χ2n) is 4.22. The van der Waals surface area contributed by atoms with Crippen LogP contribution >= 0.6 is 11.3 Å². The van der Waals surface area contributed by atoms with E-state index in [1.807, 2.05) is 29.3 Å². The van der Waals surface area contributed by atoms with Crippen LogP contribution < -0.4 is 0 Å². The maximum absolute atomic E-state index is 11.9. The predicted molar refractivity (Wildman–Crippen MR) is 66.6 cm³/mol. The molecule has 0 aromatic carbocycles. The van der Waals surface area contributed by atoms with Crippen LogP contribution in [0.25, 0.3) is 10.4 Å². The Morgan fingerprint density at radius 2 is 2.59 bits per heavy atom. The summed E-state index contributed by atoms with van der Waals surface area (Å²) in [5.41, 5.74) is 8.28. The van der Waals surface area contributed by atoms with E-state index in [4.69, 9.17) is 5.53 Å². The van der Waals surface area contributed by atoms with Crippen molar-refractivity contribution in [2.24, 2.45) is 11.0 Å². The number of rotatable bonds is 4. The van der Waals surface area contributed by atoms with Gasteiger partial charge in [-0.15, -0.1) is 11.3 Å². The van der Waals surface area contributed by atoms with Crippen molar-refractivity contribution >= 4 is 17.2 Å². The molecule has 6 heteroatoms. The number of azide groups is 1. The van der Waals surface area contributed by atoms with Crippen molar-refractivity contribution in [3.05, 3.63) is 32.8 Å². The fraction of sp³-hybridized carbons (Fsp3) is 0.545. The molecular formula is C11H14N4OS. The second-order valence-corrected chi connectivity index (χ2v) is 5.20. The van der Waals surface area contributed by atoms with Crippen LogP contribution in [0, 0.1) is 5.92 Å². The molecule has 1 saturated heterocycles. The van der Waals surface area contributed by atoms with Gasteiger partial charge in [-0.2, -0.15) is 0 Å². The highest BCUT2D eigenvalue weighted by atomic mass is 32.1. The van der Waals surface area contributed by atoms with Crippen LogP contribution in [0.5, 0.6) is 0 Å². The first-order valence-corrected chi connectivity index (χ1v) is 6.44. The van der Waals surface area contributed by atoms with Gasteiger partial charge in [-0.05, 0) is 29.8 Å². The van der Waals surface area contributed by atoms with Gasteiger partial charge in [-0.25, -0.2) is 0 Å². The third-order valence-corrected chi connectivity index (χ3v) is 4.11. The van der Waals surface area contributed by atoms with Gasteiger partial charge in [0.15, 0.2) is 0 Å². The van der Waals surface area contributed by atoms with E-state index in [1.165, 1.54) is 4.88 Å². The lowest BCUT2D eigenvalue weighted by Gasteiger charge is -2.23. The summed E-state index contributed by atoms with van der Waals surface area (Å²) in [5, 5.41) is 5.57. The molecule has 17 heavy (non-hydrogen) atoms. The molecule has 1 fully saturated rings. The summed E-state index contributed by atoms with van der Waals surface area (Å²) in [7, 11) is 0. The summed E-state index contributed by atoms with van der Waals surface area (Å²) in [6.45, 7) is 3.15. The Bertz CT molecular complexity index is 438. The fourth-order valence-corrected chi connectivity index (χ4v) is 2.94. The smallest absolute Gasteiger partial charge is 0.223 e. The molecule has 1 amide bonds. The third kappa shape index (κ3) is 2.60. The van der Waals surface area contributed by atoms with E-state index in [0.717, 1.165) is 0 Å². The van der Waals surface area contributed by atoms with Crippen LogP contribution in [0.4, 0.5) is 0 Å². The first kappa shape index (κ1) is 12.0. The molecule has 1 aromatic heterocycles. The average Bonchev–Trinajstić information content (AvgIpc) is 2.94. The molecule has 1 aliphatic rings. The van der Waals surface area contributed by atoms with Crippen molar-refractivity contribution < 1.29 is 4.79 Å². The third-order valence-electron chi connectivity index (χ3n) is 3.06. The zero-order chi connectivity index (χ0) is 12.3. The van der Waals surface area contributed by atoms with Gasteiger partial charge in [0, 0.05) is 29.3 Å². The lowest BCUT2D eigenvalue weighted by atomic mass is 10.1. The molecule has 0 N–H and O–H groups in total. The predicted octanol–water partition coefficient (Wildman–Crippen LogP) is 2.97. The van der Waals surface area contributed by atoms with Crippen molar-refractivity contribution in [1.82, 2.24) is 4.90 Å². The standard InChI is InChI=1S/C11H14N4OS/c1-8(10-3-2-4-17-10)15-7-9(5-11(15)16)6-13-14-12/h2-4,8-9H,5-7H2,1H3. The zero-order valence-corrected chi connectivity index (χ0v) is 10.4. The van der Waals surface area contributed by atoms with Gasteiger partial charge in [0.2, 0.25) is 5.91 Å². The summed E-state index contributed by atoms with van der Waals surface area (Å²) in [4.78, 5) is 17.7. The summed E-state index contributed by atoms with van der Waals surface area (Å²) >= 11 is 1.66. The van der Waals surface area contributed by atoms with Crippen LogP contribution in [0.2, 0.25) is 0 Å². The van der Waals surface area contributed by atoms with E-state index in [0.29, 0.717) is 19.5 Å². The summed E-state index contributed by atoms with van der Waals surface area (Å²) in [6.07, 6.45) is 0.495. The quantitative estimate of drug-likeness (QED) is 0.460.